The molecule has 0 fully saturated rings. The second-order valence-corrected chi connectivity index (χ2v) is 2.14. The summed E-state index contributed by atoms with van der Waals surface area (Å²) in [5.41, 5.74) is 0. The van der Waals surface area contributed by atoms with Crippen LogP contribution in [0.15, 0.2) is 65.8 Å². The molecular weight excluding hydrogens is 334 g/mol. The lowest BCUT2D eigenvalue weighted by atomic mass is 10.8. The predicted molar refractivity (Wildman–Crippen MR) is 97.3 cm³/mol. The fourth-order valence-corrected chi connectivity index (χ4v) is 0. The Morgan fingerprint density at radius 3 is 0.545 bits per heavy atom. The second kappa shape index (κ2) is 149. The quantitative estimate of drug-likeness (QED) is 0.302. The van der Waals surface area contributed by atoms with Gasteiger partial charge in [0.15, 0.2) is 0 Å². The van der Waals surface area contributed by atoms with Crippen LogP contribution >= 0.6 is 16.5 Å². The van der Waals surface area contributed by atoms with E-state index in [4.69, 9.17) is 38.9 Å². The van der Waals surface area contributed by atoms with E-state index < -0.39 is 16.5 Å². The molecule has 138 valence electrons. The molecule has 0 bridgehead atoms. The highest BCUT2D eigenvalue weighted by molar-refractivity contribution is 7.31. The van der Waals surface area contributed by atoms with E-state index in [2.05, 4.69) is 65.8 Å². The first kappa shape index (κ1) is 49.7. The number of rotatable bonds is 1. The van der Waals surface area contributed by atoms with Gasteiger partial charge in [-0.25, -0.2) is 0 Å². The molecule has 0 saturated carbocycles. The highest BCUT2D eigenvalue weighted by Crippen LogP contribution is 1.98. The van der Waals surface area contributed by atoms with Gasteiger partial charge in [-0.1, -0.05) is 0 Å². The van der Waals surface area contributed by atoms with Gasteiger partial charge in [-0.3, -0.25) is 9.13 Å². The maximum absolute atomic E-state index is 8.74. The van der Waals surface area contributed by atoms with Crippen molar-refractivity contribution in [2.45, 2.75) is 0 Å². The van der Waals surface area contributed by atoms with Crippen LogP contribution in [0, 0.1) is 0 Å². The smallest absolute Gasteiger partial charge is 0.314 e. The molecule has 0 aliphatic heterocycles. The molecule has 0 aromatic rings. The fraction of sp³-hybridized carbons (Fsp3) is 0.167. The third kappa shape index (κ3) is 949000. The summed E-state index contributed by atoms with van der Waals surface area (Å²) in [4.78, 5) is 28.6. The second-order valence-electron chi connectivity index (χ2n) is 1.01. The van der Waals surface area contributed by atoms with E-state index in [1.165, 1.54) is 0 Å². The number of hydrogen-bond donors (Lipinski definition) is 6. The maximum atomic E-state index is 8.74. The van der Waals surface area contributed by atoms with Crippen LogP contribution in [-0.2, 0) is 9.13 Å². The van der Waals surface area contributed by atoms with E-state index in [9.17, 15) is 0 Å². The Balaban J connectivity index is -0.0000000175. The Kier molecular flexibility index (Phi) is 337. The van der Waals surface area contributed by atoms with E-state index >= 15 is 0 Å². The highest BCUT2D eigenvalue weighted by atomic mass is 31.1. The van der Waals surface area contributed by atoms with Crippen LogP contribution < -0.4 is 0 Å². The maximum Gasteiger partial charge on any atom is 0.314 e. The van der Waals surface area contributed by atoms with E-state index in [0.29, 0.717) is 0 Å². The van der Waals surface area contributed by atoms with Crippen LogP contribution in [0.4, 0.5) is 0 Å². The summed E-state index contributed by atoms with van der Waals surface area (Å²) in [5.74, 6) is 0. The predicted octanol–water partition coefficient (Wildman–Crippen LogP) is 1.70. The molecule has 0 unspecified atom stereocenters. The van der Waals surface area contributed by atoms with Gasteiger partial charge in [0.25, 0.3) is 0 Å². The molecule has 0 rings (SSSR count). The van der Waals surface area contributed by atoms with Gasteiger partial charge in [0.2, 0.25) is 0 Å². The molecule has 0 aliphatic rings. The first-order valence-corrected chi connectivity index (χ1v) is 7.54. The van der Waals surface area contributed by atoms with E-state index in [1.807, 2.05) is 0 Å². The minimum Gasteiger partial charge on any atom is -0.394 e. The standard InChI is InChI=1S/C2H6O2.5C2H4.2H3O3P/c3-1-2-4;5*1-2;2*1-4(2)3/h3-4H,1-2H2;5*1-2H2;2*4H,(H2,1,2,3). The van der Waals surface area contributed by atoms with Gasteiger partial charge in [-0.15, -0.1) is 65.8 Å². The molecule has 22 heavy (non-hydrogen) atoms. The molecule has 8 nitrogen and oxygen atoms in total. The van der Waals surface area contributed by atoms with Gasteiger partial charge < -0.3 is 29.8 Å². The topological polar surface area (TPSA) is 156 Å². The van der Waals surface area contributed by atoms with Crippen LogP contribution in [0.2, 0.25) is 0 Å². The van der Waals surface area contributed by atoms with Crippen molar-refractivity contribution >= 4 is 16.5 Å². The molecule has 0 atom stereocenters. The van der Waals surface area contributed by atoms with Crippen molar-refractivity contribution in [2.24, 2.45) is 0 Å². The minimum absolute atomic E-state index is 0.125. The minimum atomic E-state index is -3.13. The lowest BCUT2D eigenvalue weighted by molar-refractivity contribution is 0.186. The molecule has 10 heteroatoms. The average Bonchev–Trinajstić information content (AvgIpc) is 2.55. The molecule has 0 saturated heterocycles. The number of hydrogen-bond acceptors (Lipinski definition) is 4. The molecular formula is C12H32O8P2. The monoisotopic (exact) mass is 366 g/mol. The zero-order chi connectivity index (χ0) is 20.6. The highest BCUT2D eigenvalue weighted by Gasteiger charge is 1.62. The zero-order valence-corrected chi connectivity index (χ0v) is 15.0. The summed E-state index contributed by atoms with van der Waals surface area (Å²) in [6.07, 6.45) is 0. The van der Waals surface area contributed by atoms with Crippen LogP contribution in [0.25, 0.3) is 0 Å². The van der Waals surface area contributed by atoms with Crippen LogP contribution in [-0.4, -0.2) is 43.0 Å². The first-order chi connectivity index (χ1) is 10.4. The van der Waals surface area contributed by atoms with Crippen molar-refractivity contribution in [1.29, 1.82) is 0 Å². The lowest BCUT2D eigenvalue weighted by Gasteiger charge is -1.70. The summed E-state index contributed by atoms with van der Waals surface area (Å²) in [5, 5.41) is 15.2. The number of aliphatic hydroxyl groups is 2. The Bertz CT molecular complexity index is 149. The Morgan fingerprint density at radius 2 is 0.545 bits per heavy atom. The van der Waals surface area contributed by atoms with Gasteiger partial charge in [0, 0.05) is 0 Å². The average molecular weight is 366 g/mol. The third-order valence-corrected chi connectivity index (χ3v) is 0.1000. The molecule has 0 aromatic heterocycles. The molecule has 0 aliphatic carbocycles. The van der Waals surface area contributed by atoms with Crippen molar-refractivity contribution in [2.75, 3.05) is 13.2 Å². The zero-order valence-electron chi connectivity index (χ0n) is 13.0. The third-order valence-electron chi connectivity index (χ3n) is 0.1000. The van der Waals surface area contributed by atoms with Gasteiger partial charge in [-0.2, -0.15) is 0 Å². The molecule has 6 N–H and O–H groups in total. The van der Waals surface area contributed by atoms with Crippen molar-refractivity contribution < 1.29 is 38.9 Å². The van der Waals surface area contributed by atoms with E-state index in [0.717, 1.165) is 0 Å². The van der Waals surface area contributed by atoms with Crippen molar-refractivity contribution in [3.05, 3.63) is 65.8 Å². The van der Waals surface area contributed by atoms with Gasteiger partial charge in [0.1, 0.15) is 0 Å². The molecule has 0 radical (unpaired) electrons. The van der Waals surface area contributed by atoms with E-state index in [-0.39, 0.29) is 13.2 Å². The number of aliphatic hydroxyl groups excluding tert-OH is 2. The summed E-state index contributed by atoms with van der Waals surface area (Å²) in [6.45, 7) is 29.8. The van der Waals surface area contributed by atoms with Crippen LogP contribution in [0.1, 0.15) is 0 Å². The van der Waals surface area contributed by atoms with Crippen LogP contribution in [0.3, 0.4) is 0 Å². The molecule has 0 heterocycles. The Hall–Kier alpha value is -1.08. The van der Waals surface area contributed by atoms with Crippen LogP contribution in [0.5, 0.6) is 0 Å². The SMILES string of the molecule is C=C.C=C.C=C.C=C.C=C.O=[PH](O)O.O=[PH](O)O.OCCO. The Labute approximate surface area is 135 Å². The summed E-state index contributed by atoms with van der Waals surface area (Å²) in [6, 6.07) is 0. The first-order valence-electron chi connectivity index (χ1n) is 4.94. The Morgan fingerprint density at radius 1 is 0.500 bits per heavy atom. The largest absolute Gasteiger partial charge is 0.394 e. The van der Waals surface area contributed by atoms with Gasteiger partial charge in [0.05, 0.1) is 13.2 Å². The van der Waals surface area contributed by atoms with Crippen molar-refractivity contribution in [3.8, 4) is 0 Å². The molecule has 0 amide bonds. The molecule has 0 aromatic carbocycles. The summed E-state index contributed by atoms with van der Waals surface area (Å²) in [7, 11) is -6.26. The normalized spacial score (nSPS) is 5.45. The summed E-state index contributed by atoms with van der Waals surface area (Å²) < 4.78 is 17.5. The molecule has 0 spiro atoms. The van der Waals surface area contributed by atoms with Gasteiger partial charge >= 0.3 is 16.5 Å². The van der Waals surface area contributed by atoms with Crippen molar-refractivity contribution in [3.63, 3.8) is 0 Å². The van der Waals surface area contributed by atoms with E-state index in [1.54, 1.807) is 0 Å². The fourth-order valence-electron chi connectivity index (χ4n) is 0. The van der Waals surface area contributed by atoms with Gasteiger partial charge in [-0.05, 0) is 0 Å². The lowest BCUT2D eigenvalue weighted by Crippen LogP contribution is -1.85. The summed E-state index contributed by atoms with van der Waals surface area (Å²) >= 11 is 0. The van der Waals surface area contributed by atoms with Crippen molar-refractivity contribution in [1.82, 2.24) is 0 Å².